The first-order chi connectivity index (χ1) is 16.3. The monoisotopic (exact) mass is 453 g/mol. The topological polar surface area (TPSA) is 83.7 Å². The van der Waals surface area contributed by atoms with E-state index in [0.717, 1.165) is 16.7 Å². The van der Waals surface area contributed by atoms with E-state index in [0.29, 0.717) is 28.5 Å². The summed E-state index contributed by atoms with van der Waals surface area (Å²) in [6.07, 6.45) is 4.23. The van der Waals surface area contributed by atoms with Gasteiger partial charge in [0.1, 0.15) is 5.65 Å². The number of aromatic carboxylic acids is 1. The fraction of sp³-hybridized carbons (Fsp3) is 0.250. The van der Waals surface area contributed by atoms with Gasteiger partial charge in [0.2, 0.25) is 0 Å². The van der Waals surface area contributed by atoms with Crippen molar-refractivity contribution in [3.8, 4) is 11.3 Å². The molecule has 1 atom stereocenters. The van der Waals surface area contributed by atoms with Crippen LogP contribution in [0.15, 0.2) is 65.6 Å². The lowest BCUT2D eigenvalue weighted by molar-refractivity contribution is 0.0698. The molecule has 2 N–H and O–H groups in total. The average molecular weight is 454 g/mol. The standard InChI is InChI=1S/C28H27N3O3/c1-16-13-23(18(3)29-24-10-5-4-9-22(24)28(33)34)26-30-25(17(2)27(32)31(26)15-16)21-8-6-7-20(14-21)19-11-12-19/h4-10,13-15,18-19,29H,11-12H2,1-3H3,(H,33,34)/t18-/m0/s1. The Morgan fingerprint density at radius 3 is 2.62 bits per heavy atom. The number of nitrogens with one attached hydrogen (secondary N) is 1. The van der Waals surface area contributed by atoms with Crippen LogP contribution in [-0.4, -0.2) is 20.5 Å². The molecule has 0 spiro atoms. The number of pyridine rings is 1. The summed E-state index contributed by atoms with van der Waals surface area (Å²) in [6, 6.07) is 16.9. The minimum Gasteiger partial charge on any atom is -0.478 e. The number of fused-ring (bicyclic) bond motifs is 1. The van der Waals surface area contributed by atoms with Crippen LogP contribution in [-0.2, 0) is 0 Å². The summed E-state index contributed by atoms with van der Waals surface area (Å²) >= 11 is 0. The van der Waals surface area contributed by atoms with Gasteiger partial charge in [0, 0.05) is 28.6 Å². The third-order valence-corrected chi connectivity index (χ3v) is 6.52. The number of rotatable bonds is 6. The maximum atomic E-state index is 13.4. The van der Waals surface area contributed by atoms with Crippen LogP contribution in [0.4, 0.5) is 5.69 Å². The van der Waals surface area contributed by atoms with Gasteiger partial charge in [-0.2, -0.15) is 0 Å². The molecule has 0 bridgehead atoms. The van der Waals surface area contributed by atoms with Gasteiger partial charge in [0.25, 0.3) is 5.56 Å². The number of carboxylic acids is 1. The number of aromatic nitrogens is 2. The molecule has 34 heavy (non-hydrogen) atoms. The molecular weight excluding hydrogens is 426 g/mol. The summed E-state index contributed by atoms with van der Waals surface area (Å²) in [6.45, 7) is 5.72. The van der Waals surface area contributed by atoms with Crippen LogP contribution in [0.3, 0.4) is 0 Å². The van der Waals surface area contributed by atoms with Gasteiger partial charge < -0.3 is 10.4 Å². The molecule has 0 radical (unpaired) electrons. The predicted octanol–water partition coefficient (Wildman–Crippen LogP) is 5.73. The lowest BCUT2D eigenvalue weighted by Crippen LogP contribution is -2.22. The molecule has 1 aliphatic carbocycles. The van der Waals surface area contributed by atoms with Gasteiger partial charge in [-0.1, -0.05) is 30.3 Å². The third kappa shape index (κ3) is 3.96. The van der Waals surface area contributed by atoms with E-state index >= 15 is 0 Å². The van der Waals surface area contributed by atoms with Gasteiger partial charge in [-0.15, -0.1) is 0 Å². The van der Waals surface area contributed by atoms with Gasteiger partial charge in [0.15, 0.2) is 0 Å². The highest BCUT2D eigenvalue weighted by Crippen LogP contribution is 2.41. The first-order valence-electron chi connectivity index (χ1n) is 11.6. The number of benzene rings is 2. The number of aryl methyl sites for hydroxylation is 1. The van der Waals surface area contributed by atoms with Crippen LogP contribution in [0.25, 0.3) is 16.9 Å². The van der Waals surface area contributed by atoms with E-state index in [1.165, 1.54) is 18.4 Å². The highest BCUT2D eigenvalue weighted by molar-refractivity contribution is 5.94. The van der Waals surface area contributed by atoms with E-state index in [-0.39, 0.29) is 17.2 Å². The minimum atomic E-state index is -0.993. The van der Waals surface area contributed by atoms with Crippen LogP contribution in [0.1, 0.15) is 64.3 Å². The second-order valence-electron chi connectivity index (χ2n) is 9.17. The molecule has 1 fully saturated rings. The molecule has 0 saturated heterocycles. The highest BCUT2D eigenvalue weighted by atomic mass is 16.4. The van der Waals surface area contributed by atoms with Crippen molar-refractivity contribution < 1.29 is 9.90 Å². The van der Waals surface area contributed by atoms with Crippen molar-refractivity contribution in [2.75, 3.05) is 5.32 Å². The zero-order valence-corrected chi connectivity index (χ0v) is 19.5. The Morgan fingerprint density at radius 2 is 1.88 bits per heavy atom. The van der Waals surface area contributed by atoms with E-state index in [2.05, 4.69) is 17.4 Å². The van der Waals surface area contributed by atoms with Crippen LogP contribution in [0.2, 0.25) is 0 Å². The Hall–Kier alpha value is -3.93. The van der Waals surface area contributed by atoms with E-state index < -0.39 is 5.97 Å². The quantitative estimate of drug-likeness (QED) is 0.390. The summed E-state index contributed by atoms with van der Waals surface area (Å²) in [7, 11) is 0. The molecule has 2 heterocycles. The summed E-state index contributed by atoms with van der Waals surface area (Å²) in [5.74, 6) is -0.384. The van der Waals surface area contributed by atoms with Crippen molar-refractivity contribution >= 4 is 17.3 Å². The van der Waals surface area contributed by atoms with Crippen LogP contribution in [0, 0.1) is 13.8 Å². The normalized spacial score (nSPS) is 14.2. The lowest BCUT2D eigenvalue weighted by atomic mass is 10.0. The maximum absolute atomic E-state index is 13.4. The number of hydrogen-bond acceptors (Lipinski definition) is 4. The summed E-state index contributed by atoms with van der Waals surface area (Å²) in [4.78, 5) is 30.1. The molecule has 4 aromatic rings. The number of nitrogens with zero attached hydrogens (tertiary/aromatic N) is 2. The van der Waals surface area contributed by atoms with Gasteiger partial charge in [-0.3, -0.25) is 9.20 Å². The van der Waals surface area contributed by atoms with Gasteiger partial charge in [0.05, 0.1) is 17.3 Å². The smallest absolute Gasteiger partial charge is 0.337 e. The molecule has 5 rings (SSSR count). The number of carboxylic acid groups (broad SMARTS) is 1. The lowest BCUT2D eigenvalue weighted by Gasteiger charge is -2.20. The zero-order valence-electron chi connectivity index (χ0n) is 19.5. The maximum Gasteiger partial charge on any atom is 0.337 e. The molecule has 0 amide bonds. The zero-order chi connectivity index (χ0) is 24.0. The Kier molecular flexibility index (Phi) is 5.44. The first kappa shape index (κ1) is 21.9. The van der Waals surface area contributed by atoms with E-state index in [1.54, 1.807) is 28.7 Å². The van der Waals surface area contributed by atoms with Crippen molar-refractivity contribution in [2.24, 2.45) is 0 Å². The Morgan fingerprint density at radius 1 is 1.12 bits per heavy atom. The predicted molar refractivity (Wildman–Crippen MR) is 134 cm³/mol. The van der Waals surface area contributed by atoms with Gasteiger partial charge in [-0.25, -0.2) is 9.78 Å². The Balaban J connectivity index is 1.65. The molecule has 6 heteroatoms. The van der Waals surface area contributed by atoms with E-state index in [4.69, 9.17) is 4.98 Å². The second kappa shape index (κ2) is 8.45. The molecule has 6 nitrogen and oxygen atoms in total. The summed E-state index contributed by atoms with van der Waals surface area (Å²) in [5.41, 5.74) is 6.49. The van der Waals surface area contributed by atoms with Crippen LogP contribution in [0.5, 0.6) is 0 Å². The SMILES string of the molecule is Cc1cc([C@H](C)Nc2ccccc2C(=O)O)c2nc(-c3cccc(C4CC4)c3)c(C)c(=O)n2c1. The molecule has 1 aliphatic rings. The molecule has 1 saturated carbocycles. The number of para-hydroxylation sites is 1. The average Bonchev–Trinajstić information content (AvgIpc) is 3.67. The number of anilines is 1. The van der Waals surface area contributed by atoms with E-state index in [1.807, 2.05) is 45.2 Å². The summed E-state index contributed by atoms with van der Waals surface area (Å²) < 4.78 is 1.61. The van der Waals surface area contributed by atoms with E-state index in [9.17, 15) is 14.7 Å². The van der Waals surface area contributed by atoms with Crippen molar-refractivity contribution in [1.29, 1.82) is 0 Å². The first-order valence-corrected chi connectivity index (χ1v) is 11.6. The van der Waals surface area contributed by atoms with Crippen LogP contribution >= 0.6 is 0 Å². The third-order valence-electron chi connectivity index (χ3n) is 6.52. The highest BCUT2D eigenvalue weighted by Gasteiger charge is 2.24. The molecule has 0 unspecified atom stereocenters. The van der Waals surface area contributed by atoms with Gasteiger partial charge in [-0.05, 0) is 74.9 Å². The fourth-order valence-electron chi connectivity index (χ4n) is 4.56. The Bertz CT molecular complexity index is 1480. The minimum absolute atomic E-state index is 0.0973. The number of hydrogen-bond donors (Lipinski definition) is 2. The second-order valence-corrected chi connectivity index (χ2v) is 9.17. The van der Waals surface area contributed by atoms with Gasteiger partial charge >= 0.3 is 5.97 Å². The van der Waals surface area contributed by atoms with Crippen molar-refractivity contribution in [3.05, 3.63) is 99.0 Å². The van der Waals surface area contributed by atoms with Crippen LogP contribution < -0.4 is 10.9 Å². The van der Waals surface area contributed by atoms with Crippen molar-refractivity contribution in [2.45, 2.75) is 45.6 Å². The van der Waals surface area contributed by atoms with Crippen molar-refractivity contribution in [1.82, 2.24) is 9.38 Å². The number of carbonyl (C=O) groups is 1. The Labute approximate surface area is 197 Å². The molecule has 2 aromatic carbocycles. The molecule has 2 aromatic heterocycles. The molecular formula is C28H27N3O3. The largest absolute Gasteiger partial charge is 0.478 e. The fourth-order valence-corrected chi connectivity index (χ4v) is 4.56. The summed E-state index contributed by atoms with van der Waals surface area (Å²) in [5, 5.41) is 12.9. The van der Waals surface area contributed by atoms with Crippen molar-refractivity contribution in [3.63, 3.8) is 0 Å². The molecule has 0 aliphatic heterocycles. The molecule has 172 valence electrons.